The molecule has 0 atom stereocenters. The molecular formula is C18H20N4S2. The molecule has 0 aliphatic heterocycles. The first-order chi connectivity index (χ1) is 11.8. The minimum Gasteiger partial charge on any atom is -0.355 e. The molecule has 24 heavy (non-hydrogen) atoms. The van der Waals surface area contributed by atoms with E-state index in [9.17, 15) is 0 Å². The third-order valence-corrected chi connectivity index (χ3v) is 6.18. The summed E-state index contributed by atoms with van der Waals surface area (Å²) >= 11 is 7.24. The van der Waals surface area contributed by atoms with Crippen molar-refractivity contribution in [1.29, 1.82) is 0 Å². The zero-order chi connectivity index (χ0) is 16.5. The minimum absolute atomic E-state index is 0.567. The summed E-state index contributed by atoms with van der Waals surface area (Å²) in [6.45, 7) is 0. The smallest absolute Gasteiger partial charge is 0.168 e. The Morgan fingerprint density at radius 1 is 1.12 bits per heavy atom. The first-order valence-corrected chi connectivity index (χ1v) is 9.63. The summed E-state index contributed by atoms with van der Waals surface area (Å²) in [6, 6.07) is 10.8. The molecule has 1 aromatic carbocycles. The number of thiazole rings is 1. The van der Waals surface area contributed by atoms with Crippen molar-refractivity contribution in [3.63, 3.8) is 0 Å². The van der Waals surface area contributed by atoms with E-state index in [2.05, 4.69) is 38.6 Å². The highest BCUT2D eigenvalue weighted by Gasteiger charge is 2.22. The van der Waals surface area contributed by atoms with Crippen molar-refractivity contribution in [1.82, 2.24) is 14.5 Å². The van der Waals surface area contributed by atoms with Gasteiger partial charge in [0.1, 0.15) is 11.0 Å². The highest BCUT2D eigenvalue weighted by Crippen LogP contribution is 2.34. The number of nitrogens with zero attached hydrogens (tertiary/aromatic N) is 4. The van der Waals surface area contributed by atoms with Crippen molar-refractivity contribution >= 4 is 39.7 Å². The van der Waals surface area contributed by atoms with Gasteiger partial charge in [-0.2, -0.15) is 0 Å². The molecule has 1 saturated carbocycles. The third-order valence-electron chi connectivity index (χ3n) is 4.82. The fourth-order valence-corrected chi connectivity index (χ4v) is 4.95. The normalized spacial score (nSPS) is 15.7. The van der Waals surface area contributed by atoms with Crippen LogP contribution in [0.3, 0.4) is 0 Å². The van der Waals surface area contributed by atoms with E-state index in [0.29, 0.717) is 6.04 Å². The number of fused-ring (bicyclic) bond motifs is 1. The van der Waals surface area contributed by atoms with Crippen molar-refractivity contribution in [2.45, 2.75) is 38.1 Å². The molecule has 1 fully saturated rings. The van der Waals surface area contributed by atoms with E-state index in [1.54, 1.807) is 17.7 Å². The average Bonchev–Trinajstić information content (AvgIpc) is 2.98. The zero-order valence-electron chi connectivity index (χ0n) is 13.7. The van der Waals surface area contributed by atoms with Gasteiger partial charge in [-0.3, -0.25) is 4.57 Å². The number of aromatic nitrogens is 3. The number of hydrogen-bond donors (Lipinski definition) is 0. The second kappa shape index (κ2) is 6.61. The summed E-state index contributed by atoms with van der Waals surface area (Å²) in [7, 11) is 2.16. The number of anilines is 1. The maximum Gasteiger partial charge on any atom is 0.168 e. The van der Waals surface area contributed by atoms with E-state index in [0.717, 1.165) is 25.8 Å². The van der Waals surface area contributed by atoms with Crippen molar-refractivity contribution in [2.24, 2.45) is 0 Å². The molecule has 2 aromatic heterocycles. The van der Waals surface area contributed by atoms with E-state index in [1.165, 1.54) is 32.1 Å². The van der Waals surface area contributed by atoms with Crippen LogP contribution < -0.4 is 4.90 Å². The fourth-order valence-electron chi connectivity index (χ4n) is 3.52. The van der Waals surface area contributed by atoms with Crippen LogP contribution in [0.15, 0.2) is 36.7 Å². The van der Waals surface area contributed by atoms with Gasteiger partial charge >= 0.3 is 0 Å². The summed E-state index contributed by atoms with van der Waals surface area (Å²) in [5.41, 5.74) is 1.96. The Hall–Kier alpha value is -1.79. The molecule has 2 heterocycles. The maximum absolute atomic E-state index is 5.63. The SMILES string of the molecule is CN(c1ncnc2c1sc(=S)n2-c1ccccc1)C1CCCCC1. The lowest BCUT2D eigenvalue weighted by molar-refractivity contribution is 0.426. The van der Waals surface area contributed by atoms with E-state index >= 15 is 0 Å². The number of benzene rings is 1. The molecule has 3 aromatic rings. The summed E-state index contributed by atoms with van der Waals surface area (Å²) in [4.78, 5) is 11.5. The van der Waals surface area contributed by atoms with Crippen LogP contribution >= 0.6 is 23.6 Å². The largest absolute Gasteiger partial charge is 0.355 e. The van der Waals surface area contributed by atoms with Crippen LogP contribution in [0.1, 0.15) is 32.1 Å². The number of para-hydroxylation sites is 1. The van der Waals surface area contributed by atoms with Crippen molar-refractivity contribution in [2.75, 3.05) is 11.9 Å². The summed E-state index contributed by atoms with van der Waals surface area (Å²) in [5, 5.41) is 0. The van der Waals surface area contributed by atoms with E-state index in [4.69, 9.17) is 12.2 Å². The first-order valence-electron chi connectivity index (χ1n) is 8.40. The van der Waals surface area contributed by atoms with Crippen LogP contribution in [0.5, 0.6) is 0 Å². The molecule has 4 rings (SSSR count). The lowest BCUT2D eigenvalue weighted by atomic mass is 9.94. The Morgan fingerprint density at radius 3 is 2.62 bits per heavy atom. The van der Waals surface area contributed by atoms with E-state index in [1.807, 2.05) is 18.2 Å². The molecular weight excluding hydrogens is 336 g/mol. The van der Waals surface area contributed by atoms with Crippen LogP contribution in [-0.2, 0) is 0 Å². The summed E-state index contributed by atoms with van der Waals surface area (Å²) < 4.78 is 3.95. The van der Waals surface area contributed by atoms with Gasteiger partial charge in [-0.15, -0.1) is 0 Å². The Kier molecular flexibility index (Phi) is 4.33. The predicted octanol–water partition coefficient (Wildman–Crippen LogP) is 4.98. The van der Waals surface area contributed by atoms with Gasteiger partial charge in [-0.1, -0.05) is 48.8 Å². The van der Waals surface area contributed by atoms with Crippen LogP contribution in [-0.4, -0.2) is 27.6 Å². The van der Waals surface area contributed by atoms with Crippen molar-refractivity contribution < 1.29 is 0 Å². The molecule has 0 unspecified atom stereocenters. The molecule has 0 saturated heterocycles. The molecule has 1 aliphatic carbocycles. The van der Waals surface area contributed by atoms with Crippen LogP contribution in [0.4, 0.5) is 5.82 Å². The molecule has 124 valence electrons. The second-order valence-corrected chi connectivity index (χ2v) is 7.94. The molecule has 1 aliphatic rings. The second-order valence-electron chi connectivity index (χ2n) is 6.29. The standard InChI is InChI=1S/C18H20N4S2/c1-21(13-8-4-2-5-9-13)16-15-17(20-12-19-16)22(18(23)24-15)14-10-6-3-7-11-14/h3,6-7,10-13H,2,4-5,8-9H2,1H3. The van der Waals surface area contributed by atoms with Crippen LogP contribution in [0.25, 0.3) is 16.0 Å². The van der Waals surface area contributed by atoms with Gasteiger partial charge in [0.05, 0.1) is 0 Å². The molecule has 0 N–H and O–H groups in total. The van der Waals surface area contributed by atoms with Gasteiger partial charge in [0.15, 0.2) is 15.4 Å². The van der Waals surface area contributed by atoms with Gasteiger partial charge in [0.2, 0.25) is 0 Å². The Morgan fingerprint density at radius 2 is 1.88 bits per heavy atom. The average molecular weight is 357 g/mol. The van der Waals surface area contributed by atoms with Gasteiger partial charge < -0.3 is 4.90 Å². The highest BCUT2D eigenvalue weighted by atomic mass is 32.1. The monoisotopic (exact) mass is 356 g/mol. The number of rotatable bonds is 3. The third kappa shape index (κ3) is 2.74. The molecule has 0 radical (unpaired) electrons. The topological polar surface area (TPSA) is 34.0 Å². The Labute approximate surface area is 150 Å². The Bertz CT molecular complexity index is 894. The fraction of sp³-hybridized carbons (Fsp3) is 0.389. The van der Waals surface area contributed by atoms with Crippen LogP contribution in [0, 0.1) is 3.95 Å². The van der Waals surface area contributed by atoms with E-state index in [-0.39, 0.29) is 0 Å². The lowest BCUT2D eigenvalue weighted by Crippen LogP contribution is -2.34. The predicted molar refractivity (Wildman–Crippen MR) is 103 cm³/mol. The van der Waals surface area contributed by atoms with Gasteiger partial charge in [0.25, 0.3) is 0 Å². The number of hydrogen-bond acceptors (Lipinski definition) is 5. The van der Waals surface area contributed by atoms with Gasteiger partial charge in [0, 0.05) is 18.8 Å². The van der Waals surface area contributed by atoms with Crippen molar-refractivity contribution in [3.8, 4) is 5.69 Å². The lowest BCUT2D eigenvalue weighted by Gasteiger charge is -2.32. The maximum atomic E-state index is 5.63. The molecule has 0 bridgehead atoms. The van der Waals surface area contributed by atoms with Gasteiger partial charge in [-0.25, -0.2) is 9.97 Å². The highest BCUT2D eigenvalue weighted by molar-refractivity contribution is 7.73. The summed E-state index contributed by atoms with van der Waals surface area (Å²) in [6.07, 6.45) is 8.12. The molecule has 0 spiro atoms. The summed E-state index contributed by atoms with van der Waals surface area (Å²) in [5.74, 6) is 1.01. The van der Waals surface area contributed by atoms with Gasteiger partial charge in [-0.05, 0) is 37.2 Å². The quantitative estimate of drug-likeness (QED) is 0.620. The molecule has 0 amide bonds. The van der Waals surface area contributed by atoms with Crippen LogP contribution in [0.2, 0.25) is 0 Å². The van der Waals surface area contributed by atoms with Crippen molar-refractivity contribution in [3.05, 3.63) is 40.6 Å². The van der Waals surface area contributed by atoms with E-state index < -0.39 is 0 Å². The molecule has 4 nitrogen and oxygen atoms in total. The molecule has 6 heteroatoms. The zero-order valence-corrected chi connectivity index (χ0v) is 15.3. The first kappa shape index (κ1) is 15.7. The Balaban J connectivity index is 1.83. The minimum atomic E-state index is 0.567.